The minimum Gasteiger partial charge on any atom is -0.495 e. The van der Waals surface area contributed by atoms with Crippen LogP contribution in [0.25, 0.3) is 0 Å². The number of anilines is 1. The van der Waals surface area contributed by atoms with Crippen molar-refractivity contribution in [3.63, 3.8) is 0 Å². The number of hydrogen-bond acceptors (Lipinski definition) is 4. The van der Waals surface area contributed by atoms with Crippen molar-refractivity contribution < 1.29 is 17.9 Å². The number of ether oxygens (including phenoxy) is 1. The number of carbonyl (C=O) groups excluding carboxylic acids is 1. The quantitative estimate of drug-likeness (QED) is 0.808. The van der Waals surface area contributed by atoms with Crippen LogP contribution in [0.4, 0.5) is 5.69 Å². The van der Waals surface area contributed by atoms with Gasteiger partial charge in [0.2, 0.25) is 15.9 Å². The summed E-state index contributed by atoms with van der Waals surface area (Å²) in [7, 11) is -2.29. The van der Waals surface area contributed by atoms with Gasteiger partial charge in [-0.1, -0.05) is 18.5 Å². The van der Waals surface area contributed by atoms with Crippen molar-refractivity contribution in [3.8, 4) is 5.75 Å². The Bertz CT molecular complexity index is 663. The number of hydrogen-bond donors (Lipinski definition) is 1. The standard InChI is InChI=1S/C15H23ClN2O4S/c1-6-10(2)17-15(19)11(3)18(23(5,20)21)13-9-12(16)7-8-14(13)22-4/h7-11H,6H2,1-5H3,(H,17,19)/t10-,11+/m0/s1. The number of nitrogens with zero attached hydrogens (tertiary/aromatic N) is 1. The SMILES string of the molecule is CC[C@H](C)NC(=O)[C@@H](C)N(c1cc(Cl)ccc1OC)S(C)(=O)=O. The largest absolute Gasteiger partial charge is 0.495 e. The van der Waals surface area contributed by atoms with Gasteiger partial charge in [-0.15, -0.1) is 0 Å². The van der Waals surface area contributed by atoms with Gasteiger partial charge in [-0.2, -0.15) is 0 Å². The molecule has 1 aromatic rings. The maximum absolute atomic E-state index is 12.4. The normalized spacial score (nSPS) is 14.0. The zero-order valence-electron chi connectivity index (χ0n) is 14.0. The van der Waals surface area contributed by atoms with E-state index < -0.39 is 16.1 Å². The van der Waals surface area contributed by atoms with E-state index in [0.717, 1.165) is 17.0 Å². The molecule has 1 N–H and O–H groups in total. The molecule has 0 spiro atoms. The zero-order valence-corrected chi connectivity index (χ0v) is 15.5. The van der Waals surface area contributed by atoms with Gasteiger partial charge < -0.3 is 10.1 Å². The Morgan fingerprint density at radius 1 is 1.39 bits per heavy atom. The summed E-state index contributed by atoms with van der Waals surface area (Å²) < 4.78 is 30.8. The minimum absolute atomic E-state index is 0.0485. The Morgan fingerprint density at radius 3 is 2.48 bits per heavy atom. The average Bonchev–Trinajstić information content (AvgIpc) is 2.45. The topological polar surface area (TPSA) is 75.7 Å². The van der Waals surface area contributed by atoms with Crippen LogP contribution in [0.3, 0.4) is 0 Å². The van der Waals surface area contributed by atoms with Gasteiger partial charge in [0.1, 0.15) is 11.8 Å². The van der Waals surface area contributed by atoms with Crippen molar-refractivity contribution in [1.29, 1.82) is 0 Å². The van der Waals surface area contributed by atoms with E-state index in [9.17, 15) is 13.2 Å². The molecule has 8 heteroatoms. The first-order valence-electron chi connectivity index (χ1n) is 7.25. The highest BCUT2D eigenvalue weighted by atomic mass is 35.5. The Kier molecular flexibility index (Phi) is 6.70. The second-order valence-corrected chi connectivity index (χ2v) is 7.66. The third-order valence-electron chi connectivity index (χ3n) is 3.47. The van der Waals surface area contributed by atoms with E-state index in [1.54, 1.807) is 12.1 Å². The molecule has 0 saturated heterocycles. The fourth-order valence-corrected chi connectivity index (χ4v) is 3.42. The summed E-state index contributed by atoms with van der Waals surface area (Å²) in [6.07, 6.45) is 1.79. The molecule has 0 unspecified atom stereocenters. The van der Waals surface area contributed by atoms with E-state index in [-0.39, 0.29) is 17.6 Å². The molecule has 6 nitrogen and oxygen atoms in total. The van der Waals surface area contributed by atoms with Crippen molar-refractivity contribution >= 4 is 33.2 Å². The molecule has 0 aliphatic rings. The van der Waals surface area contributed by atoms with E-state index in [0.29, 0.717) is 10.8 Å². The molecule has 0 fully saturated rings. The Labute approximate surface area is 142 Å². The Hall–Kier alpha value is -1.47. The second kappa shape index (κ2) is 7.88. The summed E-state index contributed by atoms with van der Waals surface area (Å²) in [4.78, 5) is 12.4. The molecule has 1 rings (SSSR count). The van der Waals surface area contributed by atoms with Crippen molar-refractivity contribution in [1.82, 2.24) is 5.32 Å². The van der Waals surface area contributed by atoms with Gasteiger partial charge in [-0.05, 0) is 38.5 Å². The van der Waals surface area contributed by atoms with Gasteiger partial charge in [-0.3, -0.25) is 9.10 Å². The third kappa shape index (κ3) is 5.00. The van der Waals surface area contributed by atoms with Crippen LogP contribution in [-0.4, -0.2) is 39.8 Å². The molecule has 23 heavy (non-hydrogen) atoms. The molecule has 130 valence electrons. The second-order valence-electron chi connectivity index (χ2n) is 5.37. The Morgan fingerprint density at radius 2 is 2.00 bits per heavy atom. The number of halogens is 1. The lowest BCUT2D eigenvalue weighted by molar-refractivity contribution is -0.122. The fourth-order valence-electron chi connectivity index (χ4n) is 2.08. The lowest BCUT2D eigenvalue weighted by Gasteiger charge is -2.30. The van der Waals surface area contributed by atoms with Gasteiger partial charge in [0.25, 0.3) is 0 Å². The van der Waals surface area contributed by atoms with Crippen LogP contribution >= 0.6 is 11.6 Å². The smallest absolute Gasteiger partial charge is 0.243 e. The van der Waals surface area contributed by atoms with Gasteiger partial charge in [0, 0.05) is 11.1 Å². The molecule has 1 amide bonds. The number of sulfonamides is 1. The highest BCUT2D eigenvalue weighted by Crippen LogP contribution is 2.34. The van der Waals surface area contributed by atoms with E-state index in [2.05, 4.69) is 5.32 Å². The molecule has 0 aliphatic heterocycles. The lowest BCUT2D eigenvalue weighted by Crippen LogP contribution is -2.49. The molecule has 1 aromatic carbocycles. The van der Waals surface area contributed by atoms with Gasteiger partial charge in [0.15, 0.2) is 0 Å². The van der Waals surface area contributed by atoms with Gasteiger partial charge in [-0.25, -0.2) is 8.42 Å². The number of amides is 1. The molecule has 0 bridgehead atoms. The van der Waals surface area contributed by atoms with Crippen molar-refractivity contribution in [3.05, 3.63) is 23.2 Å². The van der Waals surface area contributed by atoms with Gasteiger partial charge in [0.05, 0.1) is 19.1 Å². The van der Waals surface area contributed by atoms with Crippen LogP contribution in [0.5, 0.6) is 5.75 Å². The van der Waals surface area contributed by atoms with E-state index in [1.165, 1.54) is 20.1 Å². The molecular formula is C15H23ClN2O4S. The molecule has 0 saturated carbocycles. The van der Waals surface area contributed by atoms with Crippen LogP contribution in [0.2, 0.25) is 5.02 Å². The summed E-state index contributed by atoms with van der Waals surface area (Å²) in [6.45, 7) is 5.32. The highest BCUT2D eigenvalue weighted by molar-refractivity contribution is 7.92. The van der Waals surface area contributed by atoms with Crippen LogP contribution in [0.15, 0.2) is 18.2 Å². The van der Waals surface area contributed by atoms with Crippen LogP contribution < -0.4 is 14.4 Å². The molecule has 0 aliphatic carbocycles. The van der Waals surface area contributed by atoms with Crippen LogP contribution in [0.1, 0.15) is 27.2 Å². The predicted molar refractivity (Wildman–Crippen MR) is 92.7 cm³/mol. The first kappa shape index (κ1) is 19.6. The molecule has 0 radical (unpaired) electrons. The molecule has 2 atom stereocenters. The molecular weight excluding hydrogens is 340 g/mol. The molecule has 0 aromatic heterocycles. The predicted octanol–water partition coefficient (Wildman–Crippen LogP) is 2.42. The number of benzene rings is 1. The third-order valence-corrected chi connectivity index (χ3v) is 4.93. The van der Waals surface area contributed by atoms with E-state index >= 15 is 0 Å². The Balaban J connectivity index is 3.32. The van der Waals surface area contributed by atoms with E-state index in [4.69, 9.17) is 16.3 Å². The van der Waals surface area contributed by atoms with Crippen molar-refractivity contribution in [2.24, 2.45) is 0 Å². The first-order valence-corrected chi connectivity index (χ1v) is 9.47. The fraction of sp³-hybridized carbons (Fsp3) is 0.533. The van der Waals surface area contributed by atoms with E-state index in [1.807, 2.05) is 13.8 Å². The summed E-state index contributed by atoms with van der Waals surface area (Å²) in [5, 5.41) is 3.14. The first-order chi connectivity index (χ1) is 10.6. The van der Waals surface area contributed by atoms with Crippen LogP contribution in [0, 0.1) is 0 Å². The number of rotatable bonds is 7. The molecule has 0 heterocycles. The van der Waals surface area contributed by atoms with Crippen molar-refractivity contribution in [2.45, 2.75) is 39.3 Å². The maximum atomic E-state index is 12.4. The van der Waals surface area contributed by atoms with Gasteiger partial charge >= 0.3 is 0 Å². The monoisotopic (exact) mass is 362 g/mol. The zero-order chi connectivity index (χ0) is 17.8. The number of nitrogens with one attached hydrogen (secondary N) is 1. The summed E-state index contributed by atoms with van der Waals surface area (Å²) in [5.41, 5.74) is 0.231. The maximum Gasteiger partial charge on any atom is 0.243 e. The summed E-state index contributed by atoms with van der Waals surface area (Å²) in [6, 6.07) is 3.64. The summed E-state index contributed by atoms with van der Waals surface area (Å²) >= 11 is 5.98. The lowest BCUT2D eigenvalue weighted by atomic mass is 10.2. The van der Waals surface area contributed by atoms with Crippen LogP contribution in [-0.2, 0) is 14.8 Å². The number of methoxy groups -OCH3 is 1. The number of carbonyl (C=O) groups is 1. The van der Waals surface area contributed by atoms with Crippen molar-refractivity contribution in [2.75, 3.05) is 17.7 Å². The average molecular weight is 363 g/mol. The summed E-state index contributed by atoms with van der Waals surface area (Å²) in [5.74, 6) is -0.0604. The highest BCUT2D eigenvalue weighted by Gasteiger charge is 2.31. The minimum atomic E-state index is -3.72.